The van der Waals surface area contributed by atoms with Crippen LogP contribution in [0.1, 0.15) is 24.1 Å². The highest BCUT2D eigenvalue weighted by molar-refractivity contribution is 6.30. The van der Waals surface area contributed by atoms with E-state index in [0.29, 0.717) is 17.1 Å². The Bertz CT molecular complexity index is 589. The van der Waals surface area contributed by atoms with Crippen molar-refractivity contribution in [1.29, 1.82) is 0 Å². The molecule has 0 aliphatic heterocycles. The molecule has 94 valence electrons. The summed E-state index contributed by atoms with van der Waals surface area (Å²) in [5.74, 6) is 0. The van der Waals surface area contributed by atoms with E-state index in [2.05, 4.69) is 0 Å². The van der Waals surface area contributed by atoms with Crippen LogP contribution in [0.25, 0.3) is 0 Å². The molecule has 0 spiro atoms. The second-order valence-electron chi connectivity index (χ2n) is 4.08. The van der Waals surface area contributed by atoms with Crippen molar-refractivity contribution in [2.45, 2.75) is 19.5 Å². The Labute approximate surface area is 111 Å². The number of pyridine rings is 1. The summed E-state index contributed by atoms with van der Waals surface area (Å²) in [4.78, 5) is 12.1. The van der Waals surface area contributed by atoms with E-state index >= 15 is 0 Å². The molecule has 2 rings (SSSR count). The molecule has 1 aromatic heterocycles. The number of hydrogen-bond donors (Lipinski definition) is 1. The number of nitrogens with zero attached hydrogens (tertiary/aromatic N) is 1. The van der Waals surface area contributed by atoms with Crippen molar-refractivity contribution in [3.8, 4) is 0 Å². The summed E-state index contributed by atoms with van der Waals surface area (Å²) in [6, 6.07) is 10.4. The van der Waals surface area contributed by atoms with Crippen LogP contribution in [0.15, 0.2) is 47.4 Å². The fourth-order valence-corrected chi connectivity index (χ4v) is 2.02. The Balaban J connectivity index is 2.43. The van der Waals surface area contributed by atoms with E-state index in [4.69, 9.17) is 17.3 Å². The monoisotopic (exact) mass is 262 g/mol. The molecule has 0 radical (unpaired) electrons. The molecule has 1 aromatic carbocycles. The fourth-order valence-electron chi connectivity index (χ4n) is 1.89. The van der Waals surface area contributed by atoms with Gasteiger partial charge in [0.05, 0.1) is 6.04 Å². The van der Waals surface area contributed by atoms with Gasteiger partial charge in [-0.3, -0.25) is 4.79 Å². The minimum absolute atomic E-state index is 0.0394. The van der Waals surface area contributed by atoms with E-state index in [-0.39, 0.29) is 5.56 Å². The van der Waals surface area contributed by atoms with E-state index in [1.165, 1.54) is 0 Å². The van der Waals surface area contributed by atoms with Crippen LogP contribution in [-0.2, 0) is 6.54 Å². The molecular formula is C14H15ClN2O. The number of aromatic nitrogens is 1. The molecule has 0 saturated heterocycles. The maximum Gasteiger partial charge on any atom is 0.255 e. The van der Waals surface area contributed by atoms with Gasteiger partial charge in [0.25, 0.3) is 5.56 Å². The summed E-state index contributed by atoms with van der Waals surface area (Å²) in [6.07, 6.45) is 1.76. The van der Waals surface area contributed by atoms with Gasteiger partial charge in [-0.1, -0.05) is 29.8 Å². The van der Waals surface area contributed by atoms with Crippen LogP contribution in [0.5, 0.6) is 0 Å². The van der Waals surface area contributed by atoms with Crippen LogP contribution in [0, 0.1) is 0 Å². The van der Waals surface area contributed by atoms with Gasteiger partial charge < -0.3 is 10.3 Å². The topological polar surface area (TPSA) is 48.0 Å². The third kappa shape index (κ3) is 2.47. The minimum atomic E-state index is -0.422. The first-order valence-corrected chi connectivity index (χ1v) is 6.21. The Hall–Kier alpha value is -1.58. The van der Waals surface area contributed by atoms with E-state index in [1.807, 2.05) is 25.1 Å². The molecule has 0 aliphatic carbocycles. The first-order valence-electron chi connectivity index (χ1n) is 5.84. The van der Waals surface area contributed by atoms with Gasteiger partial charge in [0, 0.05) is 23.3 Å². The lowest BCUT2D eigenvalue weighted by molar-refractivity contribution is 0.701. The highest BCUT2D eigenvalue weighted by Gasteiger charge is 2.13. The maximum absolute atomic E-state index is 12.1. The number of hydrogen-bond acceptors (Lipinski definition) is 2. The summed E-state index contributed by atoms with van der Waals surface area (Å²) in [5.41, 5.74) is 7.57. The van der Waals surface area contributed by atoms with Crippen LogP contribution in [0.2, 0.25) is 5.02 Å². The van der Waals surface area contributed by atoms with Crippen molar-refractivity contribution in [1.82, 2.24) is 4.57 Å². The number of halogens is 1. The minimum Gasteiger partial charge on any atom is -0.320 e. The van der Waals surface area contributed by atoms with Crippen LogP contribution >= 0.6 is 11.6 Å². The van der Waals surface area contributed by atoms with Crippen molar-refractivity contribution in [2.24, 2.45) is 5.73 Å². The van der Waals surface area contributed by atoms with Crippen LogP contribution < -0.4 is 11.3 Å². The van der Waals surface area contributed by atoms with Crippen LogP contribution in [-0.4, -0.2) is 4.57 Å². The van der Waals surface area contributed by atoms with Gasteiger partial charge >= 0.3 is 0 Å². The van der Waals surface area contributed by atoms with E-state index in [0.717, 1.165) is 5.56 Å². The van der Waals surface area contributed by atoms with Crippen molar-refractivity contribution < 1.29 is 0 Å². The van der Waals surface area contributed by atoms with Gasteiger partial charge in [-0.15, -0.1) is 0 Å². The van der Waals surface area contributed by atoms with Gasteiger partial charge in [-0.2, -0.15) is 0 Å². The van der Waals surface area contributed by atoms with Crippen molar-refractivity contribution in [3.05, 3.63) is 69.1 Å². The van der Waals surface area contributed by atoms with Crippen molar-refractivity contribution in [3.63, 3.8) is 0 Å². The summed E-state index contributed by atoms with van der Waals surface area (Å²) in [7, 11) is 0. The second-order valence-corrected chi connectivity index (χ2v) is 4.52. The first-order chi connectivity index (χ1) is 8.63. The quantitative estimate of drug-likeness (QED) is 0.924. The smallest absolute Gasteiger partial charge is 0.255 e. The number of benzene rings is 1. The van der Waals surface area contributed by atoms with Crippen LogP contribution in [0.4, 0.5) is 0 Å². The molecule has 2 aromatic rings. The zero-order valence-corrected chi connectivity index (χ0v) is 10.9. The summed E-state index contributed by atoms with van der Waals surface area (Å²) >= 11 is 5.83. The summed E-state index contributed by atoms with van der Waals surface area (Å²) in [5, 5.41) is 0.657. The standard InChI is InChI=1S/C14H15ClN2O/c1-2-17-9-3-4-12(14(17)18)13(16)10-5-7-11(15)8-6-10/h3-9,13H,2,16H2,1H3. The van der Waals surface area contributed by atoms with Crippen molar-refractivity contribution in [2.75, 3.05) is 0 Å². The lowest BCUT2D eigenvalue weighted by Crippen LogP contribution is -2.27. The van der Waals surface area contributed by atoms with Gasteiger partial charge in [0.2, 0.25) is 0 Å². The first kappa shape index (κ1) is 12.9. The molecule has 3 nitrogen and oxygen atoms in total. The Kier molecular flexibility index (Phi) is 3.84. The zero-order chi connectivity index (χ0) is 13.1. The van der Waals surface area contributed by atoms with Crippen LogP contribution in [0.3, 0.4) is 0 Å². The molecule has 0 amide bonds. The molecule has 1 unspecified atom stereocenters. The highest BCUT2D eigenvalue weighted by Crippen LogP contribution is 2.18. The molecule has 18 heavy (non-hydrogen) atoms. The third-order valence-electron chi connectivity index (χ3n) is 2.95. The van der Waals surface area contributed by atoms with E-state index < -0.39 is 6.04 Å². The van der Waals surface area contributed by atoms with E-state index in [9.17, 15) is 4.79 Å². The number of nitrogens with two attached hydrogens (primary N) is 1. The lowest BCUT2D eigenvalue weighted by Gasteiger charge is -2.13. The maximum atomic E-state index is 12.1. The Morgan fingerprint density at radius 3 is 2.56 bits per heavy atom. The summed E-state index contributed by atoms with van der Waals surface area (Å²) in [6.45, 7) is 2.57. The van der Waals surface area contributed by atoms with Crippen molar-refractivity contribution >= 4 is 11.6 Å². The molecule has 2 N–H and O–H groups in total. The predicted molar refractivity (Wildman–Crippen MR) is 73.9 cm³/mol. The Morgan fingerprint density at radius 1 is 1.28 bits per heavy atom. The van der Waals surface area contributed by atoms with Gasteiger partial charge in [-0.05, 0) is 30.7 Å². The number of aryl methyl sites for hydroxylation is 1. The lowest BCUT2D eigenvalue weighted by atomic mass is 10.0. The predicted octanol–water partition coefficient (Wildman–Crippen LogP) is 2.57. The normalized spacial score (nSPS) is 12.4. The average molecular weight is 263 g/mol. The molecule has 0 fully saturated rings. The molecule has 0 saturated carbocycles. The number of rotatable bonds is 3. The molecule has 1 heterocycles. The summed E-state index contributed by atoms with van der Waals surface area (Å²) < 4.78 is 1.64. The SMILES string of the molecule is CCn1cccc(C(N)c2ccc(Cl)cc2)c1=O. The molecule has 4 heteroatoms. The van der Waals surface area contributed by atoms with Gasteiger partial charge in [0.15, 0.2) is 0 Å². The Morgan fingerprint density at radius 2 is 1.94 bits per heavy atom. The van der Waals surface area contributed by atoms with Gasteiger partial charge in [0.1, 0.15) is 0 Å². The van der Waals surface area contributed by atoms with E-state index in [1.54, 1.807) is 29.0 Å². The molecule has 0 aliphatic rings. The fraction of sp³-hybridized carbons (Fsp3) is 0.214. The zero-order valence-electron chi connectivity index (χ0n) is 10.1. The third-order valence-corrected chi connectivity index (χ3v) is 3.21. The highest BCUT2D eigenvalue weighted by atomic mass is 35.5. The average Bonchev–Trinajstić information content (AvgIpc) is 2.39. The largest absolute Gasteiger partial charge is 0.320 e. The van der Waals surface area contributed by atoms with Gasteiger partial charge in [-0.25, -0.2) is 0 Å². The molecule has 0 bridgehead atoms. The molecular weight excluding hydrogens is 248 g/mol. The molecule has 1 atom stereocenters. The second kappa shape index (κ2) is 5.38.